The summed E-state index contributed by atoms with van der Waals surface area (Å²) in [7, 11) is 1.28. The van der Waals surface area contributed by atoms with E-state index in [0.29, 0.717) is 10.7 Å². The van der Waals surface area contributed by atoms with Crippen molar-refractivity contribution >= 4 is 29.2 Å². The molecule has 1 amide bonds. The van der Waals surface area contributed by atoms with Crippen molar-refractivity contribution in [2.24, 2.45) is 5.73 Å². The highest BCUT2D eigenvalue weighted by Crippen LogP contribution is 2.30. The van der Waals surface area contributed by atoms with Gasteiger partial charge >= 0.3 is 5.97 Å². The molecule has 3 N–H and O–H groups in total. The van der Waals surface area contributed by atoms with Crippen LogP contribution in [0.25, 0.3) is 0 Å². The molecule has 114 valence electrons. The summed E-state index contributed by atoms with van der Waals surface area (Å²) in [4.78, 5) is 23.9. The van der Waals surface area contributed by atoms with Gasteiger partial charge in [-0.3, -0.25) is 4.79 Å². The van der Waals surface area contributed by atoms with E-state index in [-0.39, 0.29) is 17.9 Å². The van der Waals surface area contributed by atoms with Gasteiger partial charge in [-0.2, -0.15) is 0 Å². The molecule has 5 nitrogen and oxygen atoms in total. The Hall–Kier alpha value is -1.59. The second kappa shape index (κ2) is 6.45. The van der Waals surface area contributed by atoms with Crippen LogP contribution in [0, 0.1) is 0 Å². The highest BCUT2D eigenvalue weighted by molar-refractivity contribution is 6.31. The normalized spacial score (nSPS) is 16.5. The van der Waals surface area contributed by atoms with Crippen LogP contribution in [-0.4, -0.2) is 24.5 Å². The van der Waals surface area contributed by atoms with Gasteiger partial charge in [0.25, 0.3) is 0 Å². The summed E-state index contributed by atoms with van der Waals surface area (Å²) >= 11 is 5.87. The largest absolute Gasteiger partial charge is 0.465 e. The number of carbonyl (C=O) groups is 2. The van der Waals surface area contributed by atoms with Gasteiger partial charge in [-0.25, -0.2) is 4.79 Å². The molecule has 1 saturated carbocycles. The molecule has 0 aromatic heterocycles. The van der Waals surface area contributed by atoms with Gasteiger partial charge in [-0.15, -0.1) is 0 Å². The first-order valence-electron chi connectivity index (χ1n) is 6.90. The van der Waals surface area contributed by atoms with Crippen molar-refractivity contribution in [1.29, 1.82) is 0 Å². The number of halogens is 1. The van der Waals surface area contributed by atoms with Crippen molar-refractivity contribution < 1.29 is 14.3 Å². The number of hydrogen-bond donors (Lipinski definition) is 2. The lowest BCUT2D eigenvalue weighted by molar-refractivity contribution is -0.117. The average Bonchev–Trinajstić information content (AvgIpc) is 2.86. The first-order valence-corrected chi connectivity index (χ1v) is 7.28. The Bertz CT molecular complexity index is 554. The molecule has 0 atom stereocenters. The molecule has 1 fully saturated rings. The first-order chi connectivity index (χ1) is 9.93. The molecule has 1 aliphatic rings. The maximum Gasteiger partial charge on any atom is 0.340 e. The smallest absolute Gasteiger partial charge is 0.340 e. The van der Waals surface area contributed by atoms with E-state index in [4.69, 9.17) is 22.1 Å². The van der Waals surface area contributed by atoms with Gasteiger partial charge in [0.2, 0.25) is 5.91 Å². The quantitative estimate of drug-likeness (QED) is 0.838. The maximum atomic E-state index is 12.1. The lowest BCUT2D eigenvalue weighted by Crippen LogP contribution is -2.40. The Kier molecular flexibility index (Phi) is 4.85. The van der Waals surface area contributed by atoms with Crippen molar-refractivity contribution in [3.05, 3.63) is 28.8 Å². The minimum Gasteiger partial charge on any atom is -0.465 e. The van der Waals surface area contributed by atoms with Crippen molar-refractivity contribution in [2.75, 3.05) is 12.4 Å². The predicted octanol–water partition coefficient (Wildman–Crippen LogP) is 2.73. The Balaban J connectivity index is 2.11. The topological polar surface area (TPSA) is 81.4 Å². The Morgan fingerprint density at radius 3 is 2.67 bits per heavy atom. The van der Waals surface area contributed by atoms with Crippen molar-refractivity contribution in [1.82, 2.24) is 0 Å². The molecule has 6 heteroatoms. The number of esters is 1. The third-order valence-electron chi connectivity index (χ3n) is 3.77. The number of nitrogens with two attached hydrogens (primary N) is 1. The molecule has 0 aliphatic heterocycles. The van der Waals surface area contributed by atoms with E-state index in [1.165, 1.54) is 13.2 Å². The van der Waals surface area contributed by atoms with Gasteiger partial charge in [0, 0.05) is 17.0 Å². The summed E-state index contributed by atoms with van der Waals surface area (Å²) in [6.45, 7) is 0. The minimum absolute atomic E-state index is 0.202. The van der Waals surface area contributed by atoms with Crippen LogP contribution in [0.15, 0.2) is 18.2 Å². The van der Waals surface area contributed by atoms with Crippen molar-refractivity contribution in [3.8, 4) is 0 Å². The molecule has 2 rings (SSSR count). The SMILES string of the molecule is COC(=O)c1cc(Cl)ccc1NC(=O)CC1(N)CCCC1. The maximum absolute atomic E-state index is 12.1. The summed E-state index contributed by atoms with van der Waals surface area (Å²) in [5.41, 5.74) is 6.38. The zero-order valence-corrected chi connectivity index (χ0v) is 12.7. The number of amides is 1. The van der Waals surface area contributed by atoms with E-state index in [0.717, 1.165) is 25.7 Å². The van der Waals surface area contributed by atoms with E-state index in [2.05, 4.69) is 5.32 Å². The highest BCUT2D eigenvalue weighted by Gasteiger charge is 2.32. The summed E-state index contributed by atoms with van der Waals surface area (Å²) in [6, 6.07) is 4.67. The fraction of sp³-hybridized carbons (Fsp3) is 0.467. The highest BCUT2D eigenvalue weighted by atomic mass is 35.5. The zero-order valence-electron chi connectivity index (χ0n) is 11.9. The van der Waals surface area contributed by atoms with Gasteiger partial charge in [-0.1, -0.05) is 24.4 Å². The Labute approximate surface area is 128 Å². The Morgan fingerprint density at radius 2 is 2.05 bits per heavy atom. The van der Waals surface area contributed by atoms with E-state index in [1.54, 1.807) is 12.1 Å². The molecule has 1 aromatic rings. The number of hydrogen-bond acceptors (Lipinski definition) is 4. The van der Waals surface area contributed by atoms with Crippen LogP contribution >= 0.6 is 11.6 Å². The number of carbonyl (C=O) groups excluding carboxylic acids is 2. The van der Waals surface area contributed by atoms with Gasteiger partial charge < -0.3 is 15.8 Å². The summed E-state index contributed by atoms with van der Waals surface area (Å²) in [5.74, 6) is -0.747. The Morgan fingerprint density at radius 1 is 1.38 bits per heavy atom. The number of rotatable bonds is 4. The second-order valence-corrected chi connectivity index (χ2v) is 5.91. The zero-order chi connectivity index (χ0) is 15.5. The minimum atomic E-state index is -0.545. The van der Waals surface area contributed by atoms with Crippen LogP contribution in [0.3, 0.4) is 0 Å². The summed E-state index contributed by atoms with van der Waals surface area (Å²) in [6.07, 6.45) is 4.06. The monoisotopic (exact) mass is 310 g/mol. The van der Waals surface area contributed by atoms with Crippen LogP contribution in [0.5, 0.6) is 0 Å². The predicted molar refractivity (Wildman–Crippen MR) is 81.4 cm³/mol. The molecular formula is C15H19ClN2O3. The molecule has 0 unspecified atom stereocenters. The summed E-state index contributed by atoms with van der Waals surface area (Å²) in [5, 5.41) is 3.13. The van der Waals surface area contributed by atoms with Crippen LogP contribution in [0.1, 0.15) is 42.5 Å². The average molecular weight is 311 g/mol. The van der Waals surface area contributed by atoms with Crippen molar-refractivity contribution in [3.63, 3.8) is 0 Å². The lowest BCUT2D eigenvalue weighted by Gasteiger charge is -2.22. The van der Waals surface area contributed by atoms with Crippen LogP contribution < -0.4 is 11.1 Å². The summed E-state index contributed by atoms with van der Waals surface area (Å²) < 4.78 is 4.69. The molecule has 1 aromatic carbocycles. The number of anilines is 1. The fourth-order valence-electron chi connectivity index (χ4n) is 2.67. The van der Waals surface area contributed by atoms with Gasteiger partial charge in [0.1, 0.15) is 0 Å². The molecule has 0 bridgehead atoms. The molecule has 1 aliphatic carbocycles. The number of methoxy groups -OCH3 is 1. The standard InChI is InChI=1S/C15H19ClN2O3/c1-21-14(20)11-8-10(16)4-5-12(11)18-13(19)9-15(17)6-2-3-7-15/h4-5,8H,2-3,6-7,9,17H2,1H3,(H,18,19). The molecule has 0 radical (unpaired) electrons. The van der Waals surface area contributed by atoms with Gasteiger partial charge in [-0.05, 0) is 31.0 Å². The van der Waals surface area contributed by atoms with E-state index in [9.17, 15) is 9.59 Å². The van der Waals surface area contributed by atoms with Crippen molar-refractivity contribution in [2.45, 2.75) is 37.6 Å². The third kappa shape index (κ3) is 3.95. The van der Waals surface area contributed by atoms with E-state index in [1.807, 2.05) is 0 Å². The molecule has 21 heavy (non-hydrogen) atoms. The lowest BCUT2D eigenvalue weighted by atomic mass is 9.94. The number of nitrogens with one attached hydrogen (secondary N) is 1. The van der Waals surface area contributed by atoms with Crippen LogP contribution in [-0.2, 0) is 9.53 Å². The fourth-order valence-corrected chi connectivity index (χ4v) is 2.85. The van der Waals surface area contributed by atoms with Crippen LogP contribution in [0.4, 0.5) is 5.69 Å². The molecule has 0 saturated heterocycles. The van der Waals surface area contributed by atoms with E-state index >= 15 is 0 Å². The second-order valence-electron chi connectivity index (χ2n) is 5.48. The molecule has 0 spiro atoms. The van der Waals surface area contributed by atoms with Crippen LogP contribution in [0.2, 0.25) is 5.02 Å². The third-order valence-corrected chi connectivity index (χ3v) is 4.01. The molecule has 0 heterocycles. The first kappa shape index (κ1) is 15.8. The number of ether oxygens (including phenoxy) is 1. The van der Waals surface area contributed by atoms with E-state index < -0.39 is 11.5 Å². The molecular weight excluding hydrogens is 292 g/mol. The number of benzene rings is 1. The van der Waals surface area contributed by atoms with Gasteiger partial charge in [0.15, 0.2) is 0 Å². The van der Waals surface area contributed by atoms with Gasteiger partial charge in [0.05, 0.1) is 18.4 Å².